The molecule has 1 atom stereocenters. The van der Waals surface area contributed by atoms with E-state index in [1.807, 2.05) is 6.07 Å². The molecule has 2 N–H and O–H groups in total. The lowest BCUT2D eigenvalue weighted by molar-refractivity contribution is 0.0766. The van der Waals surface area contributed by atoms with E-state index >= 15 is 0 Å². The summed E-state index contributed by atoms with van der Waals surface area (Å²) in [6, 6.07) is 5.31. The number of amides is 1. The van der Waals surface area contributed by atoms with Crippen LogP contribution in [0.5, 0.6) is 0 Å². The SMILES string of the molecule is CC1(CN)CCN(C(=O)c2cc(-c3ccc(Cl)s3)on2)C1.Cl. The van der Waals surface area contributed by atoms with Gasteiger partial charge in [-0.2, -0.15) is 0 Å². The van der Waals surface area contributed by atoms with Crippen molar-refractivity contribution in [3.05, 3.63) is 28.2 Å². The first-order valence-electron chi connectivity index (χ1n) is 6.72. The summed E-state index contributed by atoms with van der Waals surface area (Å²) in [5.74, 6) is 0.459. The summed E-state index contributed by atoms with van der Waals surface area (Å²) >= 11 is 7.29. The van der Waals surface area contributed by atoms with Gasteiger partial charge in [0.25, 0.3) is 5.91 Å². The molecule has 120 valence electrons. The molecule has 2 aromatic rings. The van der Waals surface area contributed by atoms with Gasteiger partial charge in [-0.3, -0.25) is 4.79 Å². The molecule has 0 saturated carbocycles. The Kier molecular flexibility index (Phi) is 5.17. The van der Waals surface area contributed by atoms with Crippen molar-refractivity contribution < 1.29 is 9.32 Å². The van der Waals surface area contributed by atoms with Crippen LogP contribution in [-0.4, -0.2) is 35.6 Å². The van der Waals surface area contributed by atoms with Crippen LogP contribution >= 0.6 is 35.3 Å². The number of carbonyl (C=O) groups excluding carboxylic acids is 1. The summed E-state index contributed by atoms with van der Waals surface area (Å²) in [4.78, 5) is 15.1. The van der Waals surface area contributed by atoms with Gasteiger partial charge >= 0.3 is 0 Å². The van der Waals surface area contributed by atoms with Crippen LogP contribution in [0.25, 0.3) is 10.6 Å². The smallest absolute Gasteiger partial charge is 0.276 e. The molecule has 0 aliphatic carbocycles. The third kappa shape index (κ3) is 3.30. The Labute approximate surface area is 143 Å². The van der Waals surface area contributed by atoms with E-state index in [-0.39, 0.29) is 23.7 Å². The van der Waals surface area contributed by atoms with Gasteiger partial charge in [0.15, 0.2) is 11.5 Å². The molecule has 1 fully saturated rings. The van der Waals surface area contributed by atoms with Gasteiger partial charge in [0.1, 0.15) is 0 Å². The first kappa shape index (κ1) is 17.3. The zero-order valence-corrected chi connectivity index (χ0v) is 14.4. The minimum Gasteiger partial charge on any atom is -0.355 e. The summed E-state index contributed by atoms with van der Waals surface area (Å²) < 4.78 is 5.93. The van der Waals surface area contributed by atoms with Crippen LogP contribution in [0.15, 0.2) is 22.7 Å². The highest BCUT2D eigenvalue weighted by Crippen LogP contribution is 2.33. The topological polar surface area (TPSA) is 72.4 Å². The molecular weight excluding hydrogens is 345 g/mol. The Hall–Kier alpha value is -1.08. The van der Waals surface area contributed by atoms with Gasteiger partial charge in [0, 0.05) is 19.2 Å². The Bertz CT molecular complexity index is 673. The summed E-state index contributed by atoms with van der Waals surface area (Å²) in [7, 11) is 0. The van der Waals surface area contributed by atoms with Crippen LogP contribution in [-0.2, 0) is 0 Å². The number of rotatable bonds is 3. The van der Waals surface area contributed by atoms with E-state index in [2.05, 4.69) is 12.1 Å². The van der Waals surface area contributed by atoms with Gasteiger partial charge in [0.05, 0.1) is 9.21 Å². The van der Waals surface area contributed by atoms with Crippen LogP contribution in [0.3, 0.4) is 0 Å². The maximum absolute atomic E-state index is 12.4. The van der Waals surface area contributed by atoms with Crippen molar-refractivity contribution >= 4 is 41.3 Å². The molecule has 1 saturated heterocycles. The fraction of sp³-hybridized carbons (Fsp3) is 0.429. The Morgan fingerprint density at radius 1 is 1.59 bits per heavy atom. The van der Waals surface area contributed by atoms with Crippen LogP contribution in [0, 0.1) is 5.41 Å². The fourth-order valence-electron chi connectivity index (χ4n) is 2.46. The molecule has 0 bridgehead atoms. The van der Waals surface area contributed by atoms with Crippen molar-refractivity contribution in [2.75, 3.05) is 19.6 Å². The van der Waals surface area contributed by atoms with E-state index in [1.54, 1.807) is 17.0 Å². The number of hydrogen-bond donors (Lipinski definition) is 1. The number of thiophene rings is 1. The molecule has 0 spiro atoms. The summed E-state index contributed by atoms with van der Waals surface area (Å²) in [5, 5.41) is 3.89. The third-order valence-corrected chi connectivity index (χ3v) is 5.13. The normalized spacial score (nSPS) is 21.0. The van der Waals surface area contributed by atoms with Gasteiger partial charge in [-0.15, -0.1) is 23.7 Å². The second-order valence-electron chi connectivity index (χ2n) is 5.67. The molecule has 1 amide bonds. The van der Waals surface area contributed by atoms with E-state index < -0.39 is 0 Å². The summed E-state index contributed by atoms with van der Waals surface area (Å²) in [6.07, 6.45) is 0.917. The molecule has 0 radical (unpaired) electrons. The van der Waals surface area contributed by atoms with Gasteiger partial charge in [-0.05, 0) is 30.5 Å². The van der Waals surface area contributed by atoms with E-state index in [0.717, 1.165) is 11.3 Å². The van der Waals surface area contributed by atoms with Crippen molar-refractivity contribution in [3.63, 3.8) is 0 Å². The van der Waals surface area contributed by atoms with Crippen LogP contribution in [0.2, 0.25) is 4.34 Å². The van der Waals surface area contributed by atoms with Gasteiger partial charge in [0.2, 0.25) is 0 Å². The molecule has 3 heterocycles. The molecule has 22 heavy (non-hydrogen) atoms. The van der Waals surface area contributed by atoms with Crippen molar-refractivity contribution in [1.82, 2.24) is 10.1 Å². The summed E-state index contributed by atoms with van der Waals surface area (Å²) in [6.45, 7) is 4.05. The zero-order chi connectivity index (χ0) is 15.0. The van der Waals surface area contributed by atoms with Gasteiger partial charge in [-0.25, -0.2) is 0 Å². The average Bonchev–Trinajstić information content (AvgIpc) is 3.17. The van der Waals surface area contributed by atoms with Crippen LogP contribution < -0.4 is 5.73 Å². The monoisotopic (exact) mass is 361 g/mol. The predicted octanol–water partition coefficient (Wildman–Crippen LogP) is 3.29. The number of carbonyl (C=O) groups is 1. The lowest BCUT2D eigenvalue weighted by atomic mass is 9.90. The minimum atomic E-state index is -0.107. The second kappa shape index (κ2) is 6.58. The minimum absolute atomic E-state index is 0. The molecule has 3 rings (SSSR count). The number of nitrogens with two attached hydrogens (primary N) is 1. The molecule has 2 aromatic heterocycles. The molecule has 5 nitrogen and oxygen atoms in total. The fourth-order valence-corrected chi connectivity index (χ4v) is 3.46. The first-order chi connectivity index (χ1) is 10.0. The number of nitrogens with zero attached hydrogens (tertiary/aromatic N) is 2. The number of halogens is 2. The molecule has 1 aliphatic heterocycles. The van der Waals surface area contributed by atoms with Crippen LogP contribution in [0.1, 0.15) is 23.8 Å². The lowest BCUT2D eigenvalue weighted by Crippen LogP contribution is -2.34. The van der Waals surface area contributed by atoms with Gasteiger partial charge < -0.3 is 15.2 Å². The van der Waals surface area contributed by atoms with E-state index in [9.17, 15) is 4.79 Å². The van der Waals surface area contributed by atoms with E-state index in [1.165, 1.54) is 11.3 Å². The Balaban J connectivity index is 0.00000176. The highest BCUT2D eigenvalue weighted by molar-refractivity contribution is 7.19. The standard InChI is InChI=1S/C14H16ClN3O2S.ClH/c1-14(7-16)4-5-18(8-14)13(19)9-6-10(20-17-9)11-2-3-12(15)21-11;/h2-3,6H,4-5,7-8,16H2,1H3;1H. The lowest BCUT2D eigenvalue weighted by Gasteiger charge is -2.21. The number of hydrogen-bond acceptors (Lipinski definition) is 5. The summed E-state index contributed by atoms with van der Waals surface area (Å²) in [5.41, 5.74) is 6.10. The quantitative estimate of drug-likeness (QED) is 0.910. The number of aromatic nitrogens is 1. The third-order valence-electron chi connectivity index (χ3n) is 3.88. The number of likely N-dealkylation sites (tertiary alicyclic amines) is 1. The maximum atomic E-state index is 12.4. The van der Waals surface area contributed by atoms with E-state index in [0.29, 0.717) is 35.4 Å². The molecule has 8 heteroatoms. The molecule has 1 unspecified atom stereocenters. The largest absolute Gasteiger partial charge is 0.355 e. The van der Waals surface area contributed by atoms with Crippen molar-refractivity contribution in [3.8, 4) is 10.6 Å². The first-order valence-corrected chi connectivity index (χ1v) is 7.92. The highest BCUT2D eigenvalue weighted by atomic mass is 35.5. The molecule has 1 aliphatic rings. The Morgan fingerprint density at radius 3 is 2.95 bits per heavy atom. The molecular formula is C14H17Cl2N3O2S. The Morgan fingerprint density at radius 2 is 2.36 bits per heavy atom. The molecule has 0 aromatic carbocycles. The maximum Gasteiger partial charge on any atom is 0.276 e. The van der Waals surface area contributed by atoms with Crippen molar-refractivity contribution in [1.29, 1.82) is 0 Å². The van der Waals surface area contributed by atoms with Crippen LogP contribution in [0.4, 0.5) is 0 Å². The average molecular weight is 362 g/mol. The van der Waals surface area contributed by atoms with Crippen molar-refractivity contribution in [2.45, 2.75) is 13.3 Å². The second-order valence-corrected chi connectivity index (χ2v) is 7.39. The highest BCUT2D eigenvalue weighted by Gasteiger charge is 2.36. The zero-order valence-electron chi connectivity index (χ0n) is 12.0. The van der Waals surface area contributed by atoms with Crippen molar-refractivity contribution in [2.24, 2.45) is 11.1 Å². The predicted molar refractivity (Wildman–Crippen MR) is 89.8 cm³/mol. The van der Waals surface area contributed by atoms with E-state index in [4.69, 9.17) is 21.9 Å². The van der Waals surface area contributed by atoms with Gasteiger partial charge in [-0.1, -0.05) is 23.7 Å².